The first-order chi connectivity index (χ1) is 17.7. The lowest BCUT2D eigenvalue weighted by molar-refractivity contribution is -0.117. The minimum Gasteiger partial charge on any atom is -0.324 e. The molecule has 0 bridgehead atoms. The number of rotatable bonds is 5. The Morgan fingerprint density at radius 1 is 1.16 bits per heavy atom. The van der Waals surface area contributed by atoms with E-state index in [9.17, 15) is 9.18 Å². The molecule has 1 aliphatic carbocycles. The van der Waals surface area contributed by atoms with Crippen LogP contribution in [-0.2, 0) is 10.2 Å². The van der Waals surface area contributed by atoms with Crippen molar-refractivity contribution in [2.75, 3.05) is 5.32 Å². The highest BCUT2D eigenvalue weighted by Gasteiger charge is 2.48. The van der Waals surface area contributed by atoms with Gasteiger partial charge in [-0.2, -0.15) is 19.7 Å². The maximum atomic E-state index is 14.2. The molecular weight excluding hydrogens is 499 g/mol. The molecular formula is C24H22ClFN10O. The van der Waals surface area contributed by atoms with Crippen LogP contribution in [0.2, 0.25) is 5.02 Å². The van der Waals surface area contributed by atoms with Gasteiger partial charge in [-0.1, -0.05) is 11.6 Å². The number of nitrogens with one attached hydrogen (secondary N) is 1. The number of fused-ring (bicyclic) bond motifs is 3. The Balaban J connectivity index is 1.38. The molecule has 1 amide bonds. The minimum atomic E-state index is -0.671. The second-order valence-electron chi connectivity index (χ2n) is 9.53. The number of pyridine rings is 1. The van der Waals surface area contributed by atoms with Gasteiger partial charge in [-0.05, 0) is 33.3 Å². The molecule has 6 rings (SSSR count). The van der Waals surface area contributed by atoms with Crippen molar-refractivity contribution in [3.8, 4) is 5.82 Å². The zero-order valence-corrected chi connectivity index (χ0v) is 20.9. The maximum Gasteiger partial charge on any atom is 0.235 e. The van der Waals surface area contributed by atoms with Crippen molar-refractivity contribution in [1.29, 1.82) is 0 Å². The van der Waals surface area contributed by atoms with Crippen molar-refractivity contribution in [2.24, 2.45) is 0 Å². The van der Waals surface area contributed by atoms with Gasteiger partial charge in [0.05, 0.1) is 47.1 Å². The molecule has 5 heterocycles. The molecule has 2 atom stereocenters. The molecule has 0 unspecified atom stereocenters. The molecule has 0 saturated heterocycles. The highest BCUT2D eigenvalue weighted by atomic mass is 35.5. The van der Waals surface area contributed by atoms with Gasteiger partial charge in [-0.15, -0.1) is 9.90 Å². The van der Waals surface area contributed by atoms with E-state index in [2.05, 4.69) is 35.7 Å². The summed E-state index contributed by atoms with van der Waals surface area (Å²) in [7, 11) is 0. The zero-order chi connectivity index (χ0) is 25.9. The Hall–Kier alpha value is -4.19. The molecule has 0 aromatic carbocycles. The Kier molecular flexibility index (Phi) is 5.30. The summed E-state index contributed by atoms with van der Waals surface area (Å²) < 4.78 is 17.5. The number of amides is 1. The molecule has 1 aliphatic rings. The van der Waals surface area contributed by atoms with Crippen molar-refractivity contribution >= 4 is 28.8 Å². The van der Waals surface area contributed by atoms with E-state index >= 15 is 0 Å². The lowest BCUT2D eigenvalue weighted by atomic mass is 9.80. The molecule has 188 valence electrons. The Morgan fingerprint density at radius 3 is 2.65 bits per heavy atom. The smallest absolute Gasteiger partial charge is 0.235 e. The summed E-state index contributed by atoms with van der Waals surface area (Å²) >= 11 is 6.38. The molecule has 13 heteroatoms. The molecule has 37 heavy (non-hydrogen) atoms. The van der Waals surface area contributed by atoms with E-state index in [0.29, 0.717) is 34.8 Å². The fourth-order valence-corrected chi connectivity index (χ4v) is 5.18. The number of hydrogen-bond acceptors (Lipinski definition) is 7. The van der Waals surface area contributed by atoms with Gasteiger partial charge in [0.15, 0.2) is 11.5 Å². The van der Waals surface area contributed by atoms with Gasteiger partial charge < -0.3 is 5.32 Å². The standard InChI is InChI=1S/C24H22ClFN10O/c1-13(2)34-12-14(9-31-34)24(3)8-16(17-11-27-20-7-19(26)33-35(20)21(17)24)23(37)32-15-6-18(25)22(28-10-15)36-29-4-5-30-36/h4-7,9-13,16H,8H2,1-3H3,(H,32,37)/t16-,24-/m1/s1. The van der Waals surface area contributed by atoms with Crippen molar-refractivity contribution in [3.05, 3.63) is 77.1 Å². The summed E-state index contributed by atoms with van der Waals surface area (Å²) in [4.78, 5) is 23.6. The molecule has 0 radical (unpaired) electrons. The van der Waals surface area contributed by atoms with Crippen molar-refractivity contribution in [1.82, 2.24) is 44.4 Å². The highest BCUT2D eigenvalue weighted by Crippen LogP contribution is 2.50. The van der Waals surface area contributed by atoms with Gasteiger partial charge >= 0.3 is 0 Å². The van der Waals surface area contributed by atoms with Gasteiger partial charge in [0.25, 0.3) is 0 Å². The third kappa shape index (κ3) is 3.75. The van der Waals surface area contributed by atoms with Gasteiger partial charge in [0.2, 0.25) is 11.9 Å². The van der Waals surface area contributed by atoms with Crippen LogP contribution in [0.4, 0.5) is 10.1 Å². The molecule has 0 fully saturated rings. The summed E-state index contributed by atoms with van der Waals surface area (Å²) in [5.74, 6) is -1.14. The predicted octanol–water partition coefficient (Wildman–Crippen LogP) is 3.71. The molecule has 5 aromatic rings. The van der Waals surface area contributed by atoms with Crippen LogP contribution in [0, 0.1) is 5.95 Å². The van der Waals surface area contributed by atoms with Crippen molar-refractivity contribution < 1.29 is 9.18 Å². The largest absolute Gasteiger partial charge is 0.324 e. The summed E-state index contributed by atoms with van der Waals surface area (Å²) in [6.45, 7) is 6.09. The van der Waals surface area contributed by atoms with E-state index in [1.54, 1.807) is 18.5 Å². The van der Waals surface area contributed by atoms with E-state index in [0.717, 1.165) is 5.56 Å². The van der Waals surface area contributed by atoms with E-state index in [1.807, 2.05) is 31.6 Å². The van der Waals surface area contributed by atoms with Gasteiger partial charge in [-0.3, -0.25) is 9.48 Å². The summed E-state index contributed by atoms with van der Waals surface area (Å²) in [5, 5.41) is 19.8. The van der Waals surface area contributed by atoms with E-state index in [4.69, 9.17) is 11.6 Å². The number of carbonyl (C=O) groups is 1. The lowest BCUT2D eigenvalue weighted by Gasteiger charge is -2.24. The summed E-state index contributed by atoms with van der Waals surface area (Å²) in [6.07, 6.45) is 10.3. The fourth-order valence-electron chi connectivity index (χ4n) is 4.94. The number of carbonyl (C=O) groups excluding carboxylic acids is 1. The molecule has 0 aliphatic heterocycles. The summed E-state index contributed by atoms with van der Waals surface area (Å²) in [6, 6.07) is 3.03. The van der Waals surface area contributed by atoms with Crippen LogP contribution < -0.4 is 5.32 Å². The third-order valence-electron chi connectivity index (χ3n) is 6.77. The van der Waals surface area contributed by atoms with Crippen LogP contribution in [0.3, 0.4) is 0 Å². The Labute approximate surface area is 215 Å². The normalized spacial score (nSPS) is 19.0. The molecule has 5 aromatic heterocycles. The second-order valence-corrected chi connectivity index (χ2v) is 9.94. The maximum absolute atomic E-state index is 14.2. The topological polar surface area (TPSA) is 121 Å². The molecule has 0 saturated carbocycles. The van der Waals surface area contributed by atoms with Crippen LogP contribution in [0.1, 0.15) is 56.0 Å². The van der Waals surface area contributed by atoms with E-state index in [-0.39, 0.29) is 17.0 Å². The average molecular weight is 521 g/mol. The molecule has 1 N–H and O–H groups in total. The first-order valence-electron chi connectivity index (χ1n) is 11.7. The summed E-state index contributed by atoms with van der Waals surface area (Å²) in [5.41, 5.74) is 2.41. The monoisotopic (exact) mass is 520 g/mol. The van der Waals surface area contributed by atoms with Crippen molar-refractivity contribution in [2.45, 2.75) is 44.6 Å². The second kappa shape index (κ2) is 8.44. The number of halogens is 2. The van der Waals surface area contributed by atoms with E-state index < -0.39 is 17.3 Å². The van der Waals surface area contributed by atoms with Crippen LogP contribution in [0.15, 0.2) is 49.3 Å². The zero-order valence-electron chi connectivity index (χ0n) is 20.2. The molecule has 0 spiro atoms. The third-order valence-corrected chi connectivity index (χ3v) is 7.05. The number of nitrogens with zero attached hydrogens (tertiary/aromatic N) is 9. The van der Waals surface area contributed by atoms with Gasteiger partial charge in [0, 0.05) is 41.0 Å². The van der Waals surface area contributed by atoms with Crippen molar-refractivity contribution in [3.63, 3.8) is 0 Å². The van der Waals surface area contributed by atoms with Gasteiger partial charge in [0.1, 0.15) is 0 Å². The predicted molar refractivity (Wildman–Crippen MR) is 132 cm³/mol. The fraction of sp³-hybridized carbons (Fsp3) is 0.292. The molecule has 11 nitrogen and oxygen atoms in total. The van der Waals surface area contributed by atoms with Crippen LogP contribution >= 0.6 is 11.6 Å². The van der Waals surface area contributed by atoms with Crippen LogP contribution in [0.25, 0.3) is 11.5 Å². The number of anilines is 1. The van der Waals surface area contributed by atoms with E-state index in [1.165, 1.54) is 34.0 Å². The van der Waals surface area contributed by atoms with Crippen LogP contribution in [0.5, 0.6) is 0 Å². The quantitative estimate of drug-likeness (QED) is 0.375. The minimum absolute atomic E-state index is 0.161. The SMILES string of the molecule is CC(C)n1cc([C@@]2(C)C[C@@H](C(=O)Nc3cnc(-n4nccn4)c(Cl)c3)c3cnc4cc(F)nn4c32)cn1. The lowest BCUT2D eigenvalue weighted by Crippen LogP contribution is -2.25. The van der Waals surface area contributed by atoms with Crippen LogP contribution in [-0.4, -0.2) is 50.3 Å². The number of hydrogen-bond donors (Lipinski definition) is 1. The first kappa shape index (κ1) is 23.2. The Morgan fingerprint density at radius 2 is 1.95 bits per heavy atom. The van der Waals surface area contributed by atoms with Gasteiger partial charge in [-0.25, -0.2) is 14.5 Å². The Bertz CT molecular complexity index is 1640. The number of aromatic nitrogens is 9. The average Bonchev–Trinajstić information content (AvgIpc) is 3.64. The highest BCUT2D eigenvalue weighted by molar-refractivity contribution is 6.32. The first-order valence-corrected chi connectivity index (χ1v) is 12.0.